The first-order chi connectivity index (χ1) is 16.8. The van der Waals surface area contributed by atoms with Gasteiger partial charge >= 0.3 is 0 Å². The molecule has 0 aliphatic carbocycles. The van der Waals surface area contributed by atoms with Crippen molar-refractivity contribution in [2.75, 3.05) is 25.5 Å². The standard InChI is InChI=1S/C28H32N4O3/c1-28(2,3)20-9-10-25(34-4)23(17-20)32-26(33)11-8-19-6-5-7-21(16-19)35-22-12-13-29-24(18-22)27-30-14-15-31-27/h5-7,9-10,12-13,16-18H,8,11,14-15H2,1-4H3,(H,30,31)(H,32,33). The number of nitrogens with zero attached hydrogens (tertiary/aromatic N) is 2. The summed E-state index contributed by atoms with van der Waals surface area (Å²) in [6, 6.07) is 17.4. The van der Waals surface area contributed by atoms with Crippen LogP contribution in [0.1, 0.15) is 44.0 Å². The van der Waals surface area contributed by atoms with Crippen molar-refractivity contribution < 1.29 is 14.3 Å². The van der Waals surface area contributed by atoms with Crippen LogP contribution in [-0.2, 0) is 16.6 Å². The molecule has 1 aliphatic rings. The van der Waals surface area contributed by atoms with Crippen LogP contribution in [0.15, 0.2) is 65.8 Å². The summed E-state index contributed by atoms with van der Waals surface area (Å²) in [4.78, 5) is 21.5. The lowest BCUT2D eigenvalue weighted by Gasteiger charge is -2.21. The van der Waals surface area contributed by atoms with Crippen molar-refractivity contribution >= 4 is 17.4 Å². The lowest BCUT2D eigenvalue weighted by Crippen LogP contribution is -2.20. The summed E-state index contributed by atoms with van der Waals surface area (Å²) in [5.74, 6) is 2.77. The summed E-state index contributed by atoms with van der Waals surface area (Å²) in [6.07, 6.45) is 2.65. The molecule has 0 radical (unpaired) electrons. The molecule has 0 spiro atoms. The molecule has 2 N–H and O–H groups in total. The number of amidine groups is 1. The molecule has 0 atom stereocenters. The van der Waals surface area contributed by atoms with Gasteiger partial charge in [-0.25, -0.2) is 0 Å². The number of hydrogen-bond donors (Lipinski definition) is 2. The number of benzene rings is 2. The van der Waals surface area contributed by atoms with E-state index >= 15 is 0 Å². The number of hydrogen-bond acceptors (Lipinski definition) is 6. The highest BCUT2D eigenvalue weighted by molar-refractivity contribution is 5.98. The van der Waals surface area contributed by atoms with Gasteiger partial charge < -0.3 is 20.1 Å². The van der Waals surface area contributed by atoms with Gasteiger partial charge in [-0.15, -0.1) is 0 Å². The van der Waals surface area contributed by atoms with Gasteiger partial charge in [0.15, 0.2) is 0 Å². The summed E-state index contributed by atoms with van der Waals surface area (Å²) < 4.78 is 11.5. The third kappa shape index (κ3) is 6.38. The van der Waals surface area contributed by atoms with E-state index in [1.165, 1.54) is 0 Å². The quantitative estimate of drug-likeness (QED) is 0.476. The van der Waals surface area contributed by atoms with Gasteiger partial charge in [0.2, 0.25) is 5.91 Å². The number of methoxy groups -OCH3 is 1. The average molecular weight is 473 g/mol. The Balaban J connectivity index is 1.38. The fourth-order valence-corrected chi connectivity index (χ4v) is 3.82. The molecule has 7 nitrogen and oxygen atoms in total. The van der Waals surface area contributed by atoms with Crippen molar-refractivity contribution in [3.63, 3.8) is 0 Å². The van der Waals surface area contributed by atoms with Crippen LogP contribution < -0.4 is 20.1 Å². The predicted molar refractivity (Wildman–Crippen MR) is 139 cm³/mol. The first-order valence-corrected chi connectivity index (χ1v) is 11.8. The van der Waals surface area contributed by atoms with Crippen LogP contribution in [0.5, 0.6) is 17.2 Å². The van der Waals surface area contributed by atoms with Crippen molar-refractivity contribution in [1.29, 1.82) is 0 Å². The zero-order valence-electron chi connectivity index (χ0n) is 20.7. The van der Waals surface area contributed by atoms with Crippen molar-refractivity contribution in [1.82, 2.24) is 10.3 Å². The van der Waals surface area contributed by atoms with Gasteiger partial charge in [0, 0.05) is 25.2 Å². The number of pyridine rings is 1. The topological polar surface area (TPSA) is 84.8 Å². The van der Waals surface area contributed by atoms with Gasteiger partial charge in [-0.1, -0.05) is 39.0 Å². The Labute approximate surface area is 206 Å². The monoisotopic (exact) mass is 472 g/mol. The van der Waals surface area contributed by atoms with E-state index in [9.17, 15) is 4.79 Å². The van der Waals surface area contributed by atoms with E-state index < -0.39 is 0 Å². The first kappa shape index (κ1) is 24.3. The second-order valence-electron chi connectivity index (χ2n) is 9.50. The number of ether oxygens (including phenoxy) is 2. The lowest BCUT2D eigenvalue weighted by atomic mass is 9.87. The minimum absolute atomic E-state index is 0.0250. The highest BCUT2D eigenvalue weighted by Crippen LogP contribution is 2.31. The zero-order chi connectivity index (χ0) is 24.8. The molecule has 182 valence electrons. The molecule has 7 heteroatoms. The number of aromatic nitrogens is 1. The lowest BCUT2D eigenvalue weighted by molar-refractivity contribution is -0.116. The molecule has 1 aromatic heterocycles. The number of carbonyl (C=O) groups is 1. The third-order valence-corrected chi connectivity index (χ3v) is 5.76. The molecule has 0 bridgehead atoms. The maximum atomic E-state index is 12.7. The predicted octanol–water partition coefficient (Wildman–Crippen LogP) is 5.10. The molecule has 1 amide bonds. The third-order valence-electron chi connectivity index (χ3n) is 5.76. The van der Waals surface area contributed by atoms with Crippen LogP contribution in [0.25, 0.3) is 0 Å². The number of anilines is 1. The van der Waals surface area contributed by atoms with Gasteiger partial charge in [-0.3, -0.25) is 14.8 Å². The van der Waals surface area contributed by atoms with Crippen LogP contribution >= 0.6 is 0 Å². The van der Waals surface area contributed by atoms with Crippen LogP contribution in [0, 0.1) is 0 Å². The minimum atomic E-state index is -0.0655. The molecule has 1 aliphatic heterocycles. The molecule has 3 aromatic rings. The van der Waals surface area contributed by atoms with Crippen molar-refractivity contribution in [3.05, 3.63) is 77.6 Å². The minimum Gasteiger partial charge on any atom is -0.495 e. The van der Waals surface area contributed by atoms with Gasteiger partial charge in [0.1, 0.15) is 28.8 Å². The van der Waals surface area contributed by atoms with Gasteiger partial charge in [-0.05, 0) is 53.3 Å². The molecule has 0 unspecified atom stereocenters. The van der Waals surface area contributed by atoms with Crippen LogP contribution in [-0.4, -0.2) is 36.9 Å². The Kier molecular flexibility index (Phi) is 7.34. The first-order valence-electron chi connectivity index (χ1n) is 11.8. The smallest absolute Gasteiger partial charge is 0.224 e. The van der Waals surface area contributed by atoms with Crippen LogP contribution in [0.3, 0.4) is 0 Å². The molecule has 2 heterocycles. The highest BCUT2D eigenvalue weighted by atomic mass is 16.5. The fraction of sp³-hybridized carbons (Fsp3) is 0.321. The summed E-state index contributed by atoms with van der Waals surface area (Å²) >= 11 is 0. The largest absolute Gasteiger partial charge is 0.495 e. The second-order valence-corrected chi connectivity index (χ2v) is 9.50. The summed E-state index contributed by atoms with van der Waals surface area (Å²) in [7, 11) is 1.61. The molecule has 2 aromatic carbocycles. The number of aryl methyl sites for hydroxylation is 1. The Morgan fingerprint density at radius 2 is 1.91 bits per heavy atom. The number of amides is 1. The van der Waals surface area contributed by atoms with Gasteiger partial charge in [0.25, 0.3) is 0 Å². The summed E-state index contributed by atoms with van der Waals surface area (Å²) in [5.41, 5.74) is 3.58. The number of rotatable bonds is 8. The molecule has 0 saturated carbocycles. The van der Waals surface area contributed by atoms with E-state index in [0.29, 0.717) is 35.8 Å². The van der Waals surface area contributed by atoms with Crippen molar-refractivity contribution in [2.24, 2.45) is 4.99 Å². The normalized spacial score (nSPS) is 13.1. The molecule has 0 saturated heterocycles. The number of aliphatic imine (C=N–C) groups is 1. The van der Waals surface area contributed by atoms with E-state index in [4.69, 9.17) is 9.47 Å². The van der Waals surface area contributed by atoms with E-state index in [-0.39, 0.29) is 11.3 Å². The van der Waals surface area contributed by atoms with Crippen LogP contribution in [0.4, 0.5) is 5.69 Å². The molecule has 4 rings (SSSR count). The van der Waals surface area contributed by atoms with Crippen molar-refractivity contribution in [3.8, 4) is 17.2 Å². The average Bonchev–Trinajstić information content (AvgIpc) is 3.38. The second kappa shape index (κ2) is 10.6. The molecule has 0 fully saturated rings. The van der Waals surface area contributed by atoms with Crippen LogP contribution in [0.2, 0.25) is 0 Å². The fourth-order valence-electron chi connectivity index (χ4n) is 3.82. The molecular weight excluding hydrogens is 440 g/mol. The Morgan fingerprint density at radius 1 is 1.09 bits per heavy atom. The summed E-state index contributed by atoms with van der Waals surface area (Å²) in [5, 5.41) is 6.23. The van der Waals surface area contributed by atoms with Crippen molar-refractivity contribution in [2.45, 2.75) is 39.0 Å². The van der Waals surface area contributed by atoms with E-state index in [1.807, 2.05) is 54.6 Å². The van der Waals surface area contributed by atoms with E-state index in [1.54, 1.807) is 13.3 Å². The number of nitrogens with one attached hydrogen (secondary N) is 2. The van der Waals surface area contributed by atoms with Gasteiger partial charge in [-0.2, -0.15) is 0 Å². The maximum absolute atomic E-state index is 12.7. The SMILES string of the molecule is COc1ccc(C(C)(C)C)cc1NC(=O)CCc1cccc(Oc2ccnc(C3=NCCN3)c2)c1. The van der Waals surface area contributed by atoms with E-state index in [2.05, 4.69) is 41.4 Å². The summed E-state index contributed by atoms with van der Waals surface area (Å²) in [6.45, 7) is 8.01. The van der Waals surface area contributed by atoms with E-state index in [0.717, 1.165) is 35.7 Å². The van der Waals surface area contributed by atoms with Gasteiger partial charge in [0.05, 0.1) is 19.3 Å². The highest BCUT2D eigenvalue weighted by Gasteiger charge is 2.17. The Morgan fingerprint density at radius 3 is 2.66 bits per heavy atom. The Hall–Kier alpha value is -3.87. The molecular formula is C28H32N4O3. The number of carbonyl (C=O) groups excluding carboxylic acids is 1. The maximum Gasteiger partial charge on any atom is 0.224 e. The Bertz CT molecular complexity index is 1230. The zero-order valence-corrected chi connectivity index (χ0v) is 20.7. The molecule has 35 heavy (non-hydrogen) atoms.